The van der Waals surface area contributed by atoms with E-state index in [2.05, 4.69) is 14.8 Å². The van der Waals surface area contributed by atoms with Gasteiger partial charge in [-0.25, -0.2) is 0 Å². The lowest BCUT2D eigenvalue weighted by Crippen LogP contribution is -2.52. The van der Waals surface area contributed by atoms with E-state index in [9.17, 15) is 9.59 Å². The van der Waals surface area contributed by atoms with Gasteiger partial charge >= 0.3 is 0 Å². The molecule has 6 heteroatoms. The van der Waals surface area contributed by atoms with Crippen LogP contribution in [-0.4, -0.2) is 77.3 Å². The maximum absolute atomic E-state index is 13.0. The number of amides is 2. The molecule has 0 spiro atoms. The predicted octanol–water partition coefficient (Wildman–Crippen LogP) is 2.20. The lowest BCUT2D eigenvalue weighted by Gasteiger charge is -2.42. The van der Waals surface area contributed by atoms with Gasteiger partial charge in [0.25, 0.3) is 0 Å². The van der Waals surface area contributed by atoms with Crippen LogP contribution < -0.4 is 0 Å². The average molecular weight is 399 g/mol. The van der Waals surface area contributed by atoms with Crippen molar-refractivity contribution in [2.75, 3.05) is 39.8 Å². The molecule has 1 aromatic heterocycles. The summed E-state index contributed by atoms with van der Waals surface area (Å²) in [5.74, 6) is 1.07. The topological polar surface area (TPSA) is 56.8 Å². The summed E-state index contributed by atoms with van der Waals surface area (Å²) < 4.78 is 0. The fourth-order valence-corrected chi connectivity index (χ4v) is 4.83. The molecular weight excluding hydrogens is 364 g/mol. The van der Waals surface area contributed by atoms with E-state index in [0.717, 1.165) is 76.8 Å². The summed E-state index contributed by atoms with van der Waals surface area (Å²) in [5.41, 5.74) is 1.03. The molecule has 0 radical (unpaired) electrons. The highest BCUT2D eigenvalue weighted by molar-refractivity contribution is 5.81. The fraction of sp³-hybridized carbons (Fsp3) is 0.696. The second-order valence-corrected chi connectivity index (χ2v) is 9.00. The van der Waals surface area contributed by atoms with Gasteiger partial charge in [-0.1, -0.05) is 6.07 Å². The molecule has 1 aromatic rings. The number of piperidine rings is 2. The Morgan fingerprint density at radius 2 is 1.86 bits per heavy atom. The minimum absolute atomic E-state index is 0.101. The van der Waals surface area contributed by atoms with Crippen LogP contribution in [0.25, 0.3) is 0 Å². The molecule has 6 nitrogen and oxygen atoms in total. The Kier molecular flexibility index (Phi) is 6.48. The van der Waals surface area contributed by atoms with Crippen molar-refractivity contribution in [3.05, 3.63) is 30.1 Å². The van der Waals surface area contributed by atoms with Crippen LogP contribution in [0, 0.1) is 11.8 Å². The summed E-state index contributed by atoms with van der Waals surface area (Å²) in [6, 6.07) is 6.45. The second-order valence-electron chi connectivity index (χ2n) is 9.00. The maximum Gasteiger partial charge on any atom is 0.226 e. The highest BCUT2D eigenvalue weighted by atomic mass is 16.2. The van der Waals surface area contributed by atoms with Crippen LogP contribution >= 0.6 is 0 Å². The number of likely N-dealkylation sites (tertiary alicyclic amines) is 2. The van der Waals surface area contributed by atoms with Gasteiger partial charge in [-0.3, -0.25) is 19.5 Å². The first kappa shape index (κ1) is 20.3. The molecule has 1 atom stereocenters. The zero-order valence-corrected chi connectivity index (χ0v) is 17.6. The van der Waals surface area contributed by atoms with Crippen molar-refractivity contribution < 1.29 is 9.59 Å². The Labute approximate surface area is 174 Å². The molecule has 4 rings (SSSR count). The van der Waals surface area contributed by atoms with Crippen LogP contribution in [-0.2, 0) is 16.0 Å². The number of hydrogen-bond donors (Lipinski definition) is 0. The van der Waals surface area contributed by atoms with Gasteiger partial charge < -0.3 is 9.80 Å². The number of nitrogens with zero attached hydrogens (tertiary/aromatic N) is 4. The Bertz CT molecular complexity index is 698. The Balaban J connectivity index is 1.24. The average Bonchev–Trinajstić information content (AvgIpc) is 3.63. The Hall–Kier alpha value is -1.95. The minimum Gasteiger partial charge on any atom is -0.345 e. The first-order valence-electron chi connectivity index (χ1n) is 11.3. The van der Waals surface area contributed by atoms with Crippen molar-refractivity contribution in [2.45, 2.75) is 51.0 Å². The number of carbonyl (C=O) groups is 2. The van der Waals surface area contributed by atoms with Gasteiger partial charge in [-0.15, -0.1) is 0 Å². The van der Waals surface area contributed by atoms with Crippen molar-refractivity contribution in [1.82, 2.24) is 19.7 Å². The van der Waals surface area contributed by atoms with E-state index in [1.165, 1.54) is 0 Å². The molecule has 0 bridgehead atoms. The third-order valence-corrected chi connectivity index (χ3v) is 6.83. The van der Waals surface area contributed by atoms with E-state index < -0.39 is 0 Å². The molecule has 1 aliphatic carbocycles. The molecule has 3 heterocycles. The molecule has 2 saturated heterocycles. The van der Waals surface area contributed by atoms with Gasteiger partial charge in [0.1, 0.15) is 0 Å². The molecule has 29 heavy (non-hydrogen) atoms. The van der Waals surface area contributed by atoms with Crippen LogP contribution in [0.1, 0.15) is 44.2 Å². The number of carbonyl (C=O) groups excluding carboxylic acids is 2. The molecule has 0 unspecified atom stereocenters. The minimum atomic E-state index is 0.101. The molecule has 1 saturated carbocycles. The van der Waals surface area contributed by atoms with Crippen molar-refractivity contribution in [3.63, 3.8) is 0 Å². The first-order chi connectivity index (χ1) is 14.1. The lowest BCUT2D eigenvalue weighted by atomic mass is 9.92. The van der Waals surface area contributed by atoms with E-state index >= 15 is 0 Å². The molecule has 2 amide bonds. The van der Waals surface area contributed by atoms with Crippen LogP contribution in [0.15, 0.2) is 24.4 Å². The van der Waals surface area contributed by atoms with Crippen LogP contribution in [0.3, 0.4) is 0 Å². The van der Waals surface area contributed by atoms with Gasteiger partial charge in [-0.2, -0.15) is 0 Å². The number of hydrogen-bond acceptors (Lipinski definition) is 4. The largest absolute Gasteiger partial charge is 0.345 e. The smallest absolute Gasteiger partial charge is 0.226 e. The van der Waals surface area contributed by atoms with E-state index in [4.69, 9.17) is 0 Å². The molecular formula is C23H34N4O2. The number of rotatable bonds is 6. The highest BCUT2D eigenvalue weighted by Gasteiger charge is 2.37. The molecule has 158 valence electrons. The SMILES string of the molecule is CN(CCc1ccccn1)C(=O)[C@@H]1CCCN(C2CCN(C(=O)C3CC3)CC2)C1. The lowest BCUT2D eigenvalue weighted by molar-refractivity contribution is -0.136. The normalized spacial score (nSPS) is 23.8. The van der Waals surface area contributed by atoms with E-state index in [0.29, 0.717) is 24.4 Å². The van der Waals surface area contributed by atoms with Gasteiger partial charge in [0.15, 0.2) is 0 Å². The standard InChI is InChI=1S/C23H34N4O2/c1-25(14-9-20-6-2-3-12-24-20)22(28)19-5-4-13-27(17-19)21-10-15-26(16-11-21)23(29)18-7-8-18/h2-3,6,12,18-19,21H,4-5,7-11,13-17H2,1H3/t19-/m1/s1. The van der Waals surface area contributed by atoms with Crippen molar-refractivity contribution >= 4 is 11.8 Å². The predicted molar refractivity (Wildman–Crippen MR) is 112 cm³/mol. The molecule has 2 aliphatic heterocycles. The summed E-state index contributed by atoms with van der Waals surface area (Å²) in [6.07, 6.45) is 8.95. The number of pyridine rings is 1. The first-order valence-corrected chi connectivity index (χ1v) is 11.3. The van der Waals surface area contributed by atoms with Crippen molar-refractivity contribution in [1.29, 1.82) is 0 Å². The van der Waals surface area contributed by atoms with Crippen molar-refractivity contribution in [3.8, 4) is 0 Å². The summed E-state index contributed by atoms with van der Waals surface area (Å²) >= 11 is 0. The van der Waals surface area contributed by atoms with Gasteiger partial charge in [-0.05, 0) is 57.2 Å². The van der Waals surface area contributed by atoms with E-state index in [1.54, 1.807) is 6.20 Å². The summed E-state index contributed by atoms with van der Waals surface area (Å²) in [5, 5.41) is 0. The molecule has 0 N–H and O–H groups in total. The van der Waals surface area contributed by atoms with Gasteiger partial charge in [0.2, 0.25) is 11.8 Å². The number of likely N-dealkylation sites (N-methyl/N-ethyl adjacent to an activating group) is 1. The summed E-state index contributed by atoms with van der Waals surface area (Å²) in [4.78, 5) is 36.1. The van der Waals surface area contributed by atoms with E-state index in [1.807, 2.05) is 30.1 Å². The maximum atomic E-state index is 13.0. The fourth-order valence-electron chi connectivity index (χ4n) is 4.83. The van der Waals surface area contributed by atoms with Crippen LogP contribution in [0.2, 0.25) is 0 Å². The zero-order chi connectivity index (χ0) is 20.2. The van der Waals surface area contributed by atoms with Crippen molar-refractivity contribution in [2.24, 2.45) is 11.8 Å². The van der Waals surface area contributed by atoms with Crippen LogP contribution in [0.4, 0.5) is 0 Å². The highest BCUT2D eigenvalue weighted by Crippen LogP contribution is 2.32. The summed E-state index contributed by atoms with van der Waals surface area (Å²) in [7, 11) is 1.92. The Morgan fingerprint density at radius 1 is 1.07 bits per heavy atom. The quantitative estimate of drug-likeness (QED) is 0.737. The Morgan fingerprint density at radius 3 is 2.55 bits per heavy atom. The molecule has 3 aliphatic rings. The third-order valence-electron chi connectivity index (χ3n) is 6.83. The molecule has 3 fully saturated rings. The second kappa shape index (κ2) is 9.24. The summed E-state index contributed by atoms with van der Waals surface area (Å²) in [6.45, 7) is 4.45. The molecule has 0 aromatic carbocycles. The third kappa shape index (κ3) is 5.16. The van der Waals surface area contributed by atoms with Gasteiger partial charge in [0, 0.05) is 63.5 Å². The number of aromatic nitrogens is 1. The van der Waals surface area contributed by atoms with Crippen LogP contribution in [0.5, 0.6) is 0 Å². The van der Waals surface area contributed by atoms with E-state index in [-0.39, 0.29) is 11.8 Å². The van der Waals surface area contributed by atoms with Gasteiger partial charge in [0.05, 0.1) is 5.92 Å². The monoisotopic (exact) mass is 398 g/mol. The zero-order valence-electron chi connectivity index (χ0n) is 17.6.